The molecule has 0 aromatic heterocycles. The summed E-state index contributed by atoms with van der Waals surface area (Å²) in [5, 5.41) is 14.9. The van der Waals surface area contributed by atoms with Gasteiger partial charge in [0.1, 0.15) is 0 Å². The fourth-order valence-electron chi connectivity index (χ4n) is 0.351. The molecule has 4 nitrogen and oxygen atoms in total. The Kier molecular flexibility index (Phi) is 12.9. The summed E-state index contributed by atoms with van der Waals surface area (Å²) in [6, 6.07) is 0. The van der Waals surface area contributed by atoms with E-state index in [4.69, 9.17) is 15.0 Å². The Morgan fingerprint density at radius 1 is 1.55 bits per heavy atom. The van der Waals surface area contributed by atoms with Crippen LogP contribution in [0.15, 0.2) is 12.2 Å². The Balaban J connectivity index is 0. The summed E-state index contributed by atoms with van der Waals surface area (Å²) >= 11 is 0. The zero-order chi connectivity index (χ0) is 9.11. The number of carbonyl (C=O) groups is 2. The predicted molar refractivity (Wildman–Crippen MR) is 40.4 cm³/mol. The summed E-state index contributed by atoms with van der Waals surface area (Å²) in [7, 11) is 0. The lowest BCUT2D eigenvalue weighted by atomic mass is 10.3. The Labute approximate surface area is 65.2 Å². The molecule has 0 aliphatic heterocycles. The number of hydrogen-bond donors (Lipinski definition) is 2. The van der Waals surface area contributed by atoms with Gasteiger partial charge < -0.3 is 10.2 Å². The highest BCUT2D eigenvalue weighted by Gasteiger charge is 1.81. The molecule has 0 saturated carbocycles. The first-order chi connectivity index (χ1) is 5.18. The molecular formula is C7H12O4. The lowest BCUT2D eigenvalue weighted by molar-refractivity contribution is -0.131. The van der Waals surface area contributed by atoms with Crippen molar-refractivity contribution >= 4 is 12.4 Å². The molecule has 0 aromatic carbocycles. The van der Waals surface area contributed by atoms with Gasteiger partial charge in [0.05, 0.1) is 0 Å². The molecule has 0 heterocycles. The third-order valence-electron chi connectivity index (χ3n) is 0.716. The Bertz CT molecular complexity index is 128. The van der Waals surface area contributed by atoms with Gasteiger partial charge in [-0.1, -0.05) is 19.4 Å². The fourth-order valence-corrected chi connectivity index (χ4v) is 0.351. The molecule has 0 fully saturated rings. The Hall–Kier alpha value is -1.32. The number of aliphatic carboxylic acids is 1. The SMILES string of the molecule is CCCC=CC(=O)O.O=CO. The van der Waals surface area contributed by atoms with E-state index in [1.165, 1.54) is 6.08 Å². The first-order valence-electron chi connectivity index (χ1n) is 3.16. The Morgan fingerprint density at radius 2 is 2.00 bits per heavy atom. The second-order valence-corrected chi connectivity index (χ2v) is 1.63. The standard InChI is InChI=1S/C6H10O2.CH2O2/c1-2-3-4-5-6(7)8;2-1-3/h4-5H,2-3H2,1H3,(H,7,8);1H,(H,2,3). The third kappa shape index (κ3) is 28.6. The van der Waals surface area contributed by atoms with E-state index in [-0.39, 0.29) is 6.47 Å². The minimum atomic E-state index is -0.863. The van der Waals surface area contributed by atoms with Crippen LogP contribution in [0.2, 0.25) is 0 Å². The number of unbranched alkanes of at least 4 members (excludes halogenated alkanes) is 1. The van der Waals surface area contributed by atoms with Gasteiger partial charge in [-0.25, -0.2) is 4.79 Å². The predicted octanol–water partition coefficient (Wildman–Crippen LogP) is 1.13. The number of carboxylic acid groups (broad SMARTS) is 2. The maximum atomic E-state index is 9.79. The smallest absolute Gasteiger partial charge is 0.327 e. The molecule has 4 heteroatoms. The van der Waals surface area contributed by atoms with Crippen LogP contribution in [0.4, 0.5) is 0 Å². The minimum Gasteiger partial charge on any atom is -0.483 e. The largest absolute Gasteiger partial charge is 0.483 e. The van der Waals surface area contributed by atoms with Crippen molar-refractivity contribution in [1.29, 1.82) is 0 Å². The van der Waals surface area contributed by atoms with Gasteiger partial charge in [0.15, 0.2) is 0 Å². The van der Waals surface area contributed by atoms with E-state index < -0.39 is 5.97 Å². The molecule has 0 amide bonds. The highest BCUT2D eigenvalue weighted by Crippen LogP contribution is 1.86. The van der Waals surface area contributed by atoms with Crippen LogP contribution >= 0.6 is 0 Å². The van der Waals surface area contributed by atoms with Crippen LogP contribution in [0.5, 0.6) is 0 Å². The van der Waals surface area contributed by atoms with Crippen molar-refractivity contribution in [2.75, 3.05) is 0 Å². The highest BCUT2D eigenvalue weighted by atomic mass is 16.4. The van der Waals surface area contributed by atoms with Crippen molar-refractivity contribution in [2.45, 2.75) is 19.8 Å². The van der Waals surface area contributed by atoms with Crippen LogP contribution in [0.1, 0.15) is 19.8 Å². The summed E-state index contributed by atoms with van der Waals surface area (Å²) in [5.74, 6) is -0.863. The normalized spacial score (nSPS) is 8.45. The van der Waals surface area contributed by atoms with Gasteiger partial charge in [-0.05, 0) is 6.42 Å². The highest BCUT2D eigenvalue weighted by molar-refractivity contribution is 5.79. The molecular weight excluding hydrogens is 148 g/mol. The van der Waals surface area contributed by atoms with Gasteiger partial charge in [-0.3, -0.25) is 4.79 Å². The van der Waals surface area contributed by atoms with E-state index >= 15 is 0 Å². The molecule has 0 atom stereocenters. The topological polar surface area (TPSA) is 74.6 Å². The Morgan fingerprint density at radius 3 is 2.27 bits per heavy atom. The van der Waals surface area contributed by atoms with E-state index in [1.807, 2.05) is 6.92 Å². The van der Waals surface area contributed by atoms with Crippen LogP contribution in [-0.2, 0) is 9.59 Å². The van der Waals surface area contributed by atoms with Gasteiger partial charge >= 0.3 is 5.97 Å². The molecule has 11 heavy (non-hydrogen) atoms. The van der Waals surface area contributed by atoms with Gasteiger partial charge in [-0.15, -0.1) is 0 Å². The molecule has 2 N–H and O–H groups in total. The third-order valence-corrected chi connectivity index (χ3v) is 0.716. The molecule has 0 unspecified atom stereocenters. The first kappa shape index (κ1) is 12.4. The summed E-state index contributed by atoms with van der Waals surface area (Å²) in [4.78, 5) is 18.1. The van der Waals surface area contributed by atoms with Crippen LogP contribution < -0.4 is 0 Å². The van der Waals surface area contributed by atoms with Gasteiger partial charge in [0.25, 0.3) is 6.47 Å². The van der Waals surface area contributed by atoms with Crippen molar-refractivity contribution in [3.05, 3.63) is 12.2 Å². The summed E-state index contributed by atoms with van der Waals surface area (Å²) in [6.07, 6.45) is 4.68. The van der Waals surface area contributed by atoms with Crippen molar-refractivity contribution in [2.24, 2.45) is 0 Å². The van der Waals surface area contributed by atoms with Crippen molar-refractivity contribution in [1.82, 2.24) is 0 Å². The second-order valence-electron chi connectivity index (χ2n) is 1.63. The van der Waals surface area contributed by atoms with Crippen molar-refractivity contribution in [3.8, 4) is 0 Å². The van der Waals surface area contributed by atoms with Gasteiger partial charge in [0, 0.05) is 6.08 Å². The summed E-state index contributed by atoms with van der Waals surface area (Å²) < 4.78 is 0. The lowest BCUT2D eigenvalue weighted by Gasteiger charge is -1.79. The molecule has 0 radical (unpaired) electrons. The lowest BCUT2D eigenvalue weighted by Crippen LogP contribution is -1.84. The molecule has 0 saturated heterocycles. The molecule has 0 rings (SSSR count). The van der Waals surface area contributed by atoms with E-state index in [1.54, 1.807) is 6.08 Å². The number of allylic oxidation sites excluding steroid dienone is 1. The monoisotopic (exact) mass is 160 g/mol. The average Bonchev–Trinajstić information content (AvgIpc) is 1.89. The van der Waals surface area contributed by atoms with Crippen LogP contribution in [0.3, 0.4) is 0 Å². The van der Waals surface area contributed by atoms with Crippen LogP contribution in [0.25, 0.3) is 0 Å². The van der Waals surface area contributed by atoms with E-state index in [0.717, 1.165) is 12.8 Å². The second kappa shape index (κ2) is 11.5. The number of carboxylic acids is 1. The zero-order valence-corrected chi connectivity index (χ0v) is 6.36. The maximum absolute atomic E-state index is 9.79. The summed E-state index contributed by atoms with van der Waals surface area (Å²) in [6.45, 7) is 1.76. The molecule has 0 bridgehead atoms. The minimum absolute atomic E-state index is 0.250. The molecule has 0 aliphatic carbocycles. The van der Waals surface area contributed by atoms with Gasteiger partial charge in [-0.2, -0.15) is 0 Å². The summed E-state index contributed by atoms with van der Waals surface area (Å²) in [5.41, 5.74) is 0. The molecule has 64 valence electrons. The number of hydrogen-bond acceptors (Lipinski definition) is 2. The number of rotatable bonds is 3. The molecule has 0 spiro atoms. The first-order valence-corrected chi connectivity index (χ1v) is 3.16. The van der Waals surface area contributed by atoms with Crippen LogP contribution in [0, 0.1) is 0 Å². The van der Waals surface area contributed by atoms with Crippen molar-refractivity contribution < 1.29 is 19.8 Å². The van der Waals surface area contributed by atoms with Crippen molar-refractivity contribution in [3.63, 3.8) is 0 Å². The fraction of sp³-hybridized carbons (Fsp3) is 0.429. The van der Waals surface area contributed by atoms with E-state index in [0.29, 0.717) is 0 Å². The van der Waals surface area contributed by atoms with E-state index in [9.17, 15) is 4.79 Å². The quantitative estimate of drug-likeness (QED) is 0.479. The molecule has 0 aliphatic rings. The average molecular weight is 160 g/mol. The zero-order valence-electron chi connectivity index (χ0n) is 6.36. The van der Waals surface area contributed by atoms with Gasteiger partial charge in [0.2, 0.25) is 0 Å². The molecule has 0 aromatic rings. The maximum Gasteiger partial charge on any atom is 0.327 e. The van der Waals surface area contributed by atoms with Crippen LogP contribution in [-0.4, -0.2) is 22.7 Å². The van der Waals surface area contributed by atoms with E-state index in [2.05, 4.69) is 0 Å².